The Morgan fingerprint density at radius 3 is 2.37 bits per heavy atom. The first kappa shape index (κ1) is 22.0. The second kappa shape index (κ2) is 8.21. The van der Waals surface area contributed by atoms with Crippen LogP contribution in [0.5, 0.6) is 0 Å². The first-order valence-electron chi connectivity index (χ1n) is 8.80. The number of aryl methyl sites for hydroxylation is 1. The van der Waals surface area contributed by atoms with E-state index in [0.29, 0.717) is 17.5 Å². The molecule has 0 radical (unpaired) electrons. The van der Waals surface area contributed by atoms with Crippen LogP contribution in [-0.4, -0.2) is 34.2 Å². The molecule has 30 heavy (non-hydrogen) atoms. The molecule has 158 valence electrons. The molecule has 0 amide bonds. The van der Waals surface area contributed by atoms with Crippen LogP contribution in [0.1, 0.15) is 22.8 Å². The number of benzene rings is 2. The normalized spacial score (nSPS) is 11.9. The van der Waals surface area contributed by atoms with Gasteiger partial charge in [0.2, 0.25) is 0 Å². The van der Waals surface area contributed by atoms with Crippen molar-refractivity contribution in [2.75, 3.05) is 11.0 Å². The van der Waals surface area contributed by atoms with Crippen molar-refractivity contribution >= 4 is 42.9 Å². The van der Waals surface area contributed by atoms with E-state index in [9.17, 15) is 26.7 Å². The summed E-state index contributed by atoms with van der Waals surface area (Å²) in [5.74, 6) is -1.24. The predicted molar refractivity (Wildman–Crippen MR) is 116 cm³/mol. The minimum Gasteiger partial charge on any atom is -0.478 e. The van der Waals surface area contributed by atoms with Crippen LogP contribution in [0.4, 0.5) is 5.69 Å². The van der Waals surface area contributed by atoms with Crippen molar-refractivity contribution in [2.24, 2.45) is 0 Å². The molecule has 0 aliphatic carbocycles. The molecule has 3 rings (SSSR count). The number of carbonyl (C=O) groups is 1. The maximum absolute atomic E-state index is 13.2. The van der Waals surface area contributed by atoms with E-state index in [1.165, 1.54) is 35.6 Å². The molecule has 1 heterocycles. The van der Waals surface area contributed by atoms with E-state index in [2.05, 4.69) is 4.72 Å². The fraction of sp³-hybridized carbons (Fsp3) is 0.150. The largest absolute Gasteiger partial charge is 0.478 e. The Morgan fingerprint density at radius 1 is 1.07 bits per heavy atom. The van der Waals surface area contributed by atoms with Crippen LogP contribution < -0.4 is 4.72 Å². The van der Waals surface area contributed by atoms with Crippen LogP contribution in [0.25, 0.3) is 10.4 Å². The minimum absolute atomic E-state index is 0.0319. The lowest BCUT2D eigenvalue weighted by Gasteiger charge is -2.15. The zero-order valence-corrected chi connectivity index (χ0v) is 18.6. The second-order valence-electron chi connectivity index (χ2n) is 6.54. The van der Waals surface area contributed by atoms with Crippen LogP contribution >= 0.6 is 11.3 Å². The number of nitrogens with one attached hydrogen (secondary N) is 1. The topological polar surface area (TPSA) is 118 Å². The van der Waals surface area contributed by atoms with Crippen molar-refractivity contribution in [3.05, 3.63) is 65.0 Å². The van der Waals surface area contributed by atoms with Gasteiger partial charge in [0.05, 0.1) is 21.0 Å². The van der Waals surface area contributed by atoms with Gasteiger partial charge in [-0.25, -0.2) is 21.6 Å². The van der Waals surface area contributed by atoms with Crippen molar-refractivity contribution < 1.29 is 26.7 Å². The molecule has 2 aromatic carbocycles. The van der Waals surface area contributed by atoms with E-state index < -0.39 is 25.8 Å². The molecule has 0 bridgehead atoms. The summed E-state index contributed by atoms with van der Waals surface area (Å²) in [6, 6.07) is 11.8. The third-order valence-electron chi connectivity index (χ3n) is 4.43. The summed E-state index contributed by atoms with van der Waals surface area (Å²) in [5.41, 5.74) is 0.914. The van der Waals surface area contributed by atoms with Gasteiger partial charge in [-0.15, -0.1) is 11.3 Å². The Kier molecular flexibility index (Phi) is 6.02. The summed E-state index contributed by atoms with van der Waals surface area (Å²) in [5, 5.41) is 11.1. The van der Waals surface area contributed by atoms with Gasteiger partial charge < -0.3 is 5.11 Å². The quantitative estimate of drug-likeness (QED) is 0.547. The molecule has 0 unspecified atom stereocenters. The fourth-order valence-corrected chi connectivity index (χ4v) is 5.74. The lowest BCUT2D eigenvalue weighted by Crippen LogP contribution is -2.17. The van der Waals surface area contributed by atoms with Crippen LogP contribution in [0.3, 0.4) is 0 Å². The van der Waals surface area contributed by atoms with E-state index in [0.717, 1.165) is 17.2 Å². The summed E-state index contributed by atoms with van der Waals surface area (Å²) in [6.07, 6.45) is 1.41. The molecular weight excluding hydrogens is 446 g/mol. The molecule has 10 heteroatoms. The molecule has 7 nitrogen and oxygen atoms in total. The Labute approximate surface area is 179 Å². The second-order valence-corrected chi connectivity index (χ2v) is 11.2. The van der Waals surface area contributed by atoms with Crippen molar-refractivity contribution in [1.29, 1.82) is 0 Å². The lowest BCUT2D eigenvalue weighted by atomic mass is 10.1. The van der Waals surface area contributed by atoms with Gasteiger partial charge in [0.25, 0.3) is 10.0 Å². The van der Waals surface area contributed by atoms with Gasteiger partial charge in [-0.1, -0.05) is 25.1 Å². The highest BCUT2D eigenvalue weighted by Gasteiger charge is 2.23. The zero-order valence-electron chi connectivity index (χ0n) is 16.1. The van der Waals surface area contributed by atoms with E-state index in [1.54, 1.807) is 25.1 Å². The highest BCUT2D eigenvalue weighted by atomic mass is 32.2. The molecule has 0 aliphatic heterocycles. The molecule has 2 N–H and O–H groups in total. The third-order valence-corrected chi connectivity index (χ3v) is 7.90. The summed E-state index contributed by atoms with van der Waals surface area (Å²) in [4.78, 5) is 11.9. The Balaban J connectivity index is 2.17. The predicted octanol–water partition coefficient (Wildman–Crippen LogP) is 3.88. The molecule has 0 aliphatic rings. The molecule has 0 saturated heterocycles. The minimum atomic E-state index is -4.19. The molecule has 0 saturated carbocycles. The summed E-state index contributed by atoms with van der Waals surface area (Å²) in [6.45, 7) is 1.76. The van der Waals surface area contributed by atoms with Crippen molar-refractivity contribution in [2.45, 2.75) is 23.1 Å². The summed E-state index contributed by atoms with van der Waals surface area (Å²) >= 11 is 1.38. The highest BCUT2D eigenvalue weighted by molar-refractivity contribution is 7.92. The third kappa shape index (κ3) is 4.55. The van der Waals surface area contributed by atoms with Gasteiger partial charge >= 0.3 is 5.97 Å². The number of anilines is 1. The van der Waals surface area contributed by atoms with Gasteiger partial charge in [0.1, 0.15) is 0 Å². The van der Waals surface area contributed by atoms with Crippen LogP contribution in [0.2, 0.25) is 0 Å². The number of sulfonamides is 1. The standard InChI is InChI=1S/C20H19NO6S3/c1-3-13-6-7-14(20(22)23)11-19(13)30(26,27)21-17-12-15(29(2,24)25)8-9-16(17)18-5-4-10-28-18/h4-12,21H,3H2,1-2H3,(H,22,23). The van der Waals surface area contributed by atoms with Gasteiger partial charge in [0, 0.05) is 16.7 Å². The average molecular weight is 466 g/mol. The molecular formula is C20H19NO6S3. The van der Waals surface area contributed by atoms with Gasteiger partial charge in [-0.3, -0.25) is 4.72 Å². The van der Waals surface area contributed by atoms with E-state index in [1.807, 2.05) is 5.38 Å². The fourth-order valence-electron chi connectivity index (χ4n) is 2.91. The first-order valence-corrected chi connectivity index (χ1v) is 13.1. The summed E-state index contributed by atoms with van der Waals surface area (Å²) < 4.78 is 52.8. The Morgan fingerprint density at radius 2 is 1.80 bits per heavy atom. The van der Waals surface area contributed by atoms with Crippen LogP contribution in [0, 0.1) is 0 Å². The van der Waals surface area contributed by atoms with Gasteiger partial charge in [-0.2, -0.15) is 0 Å². The number of hydrogen-bond donors (Lipinski definition) is 2. The number of aromatic carboxylic acids is 1. The number of rotatable bonds is 7. The maximum atomic E-state index is 13.2. The summed E-state index contributed by atoms with van der Waals surface area (Å²) in [7, 11) is -7.76. The van der Waals surface area contributed by atoms with E-state index in [4.69, 9.17) is 0 Å². The Bertz CT molecular complexity index is 1310. The molecule has 0 spiro atoms. The SMILES string of the molecule is CCc1ccc(C(=O)O)cc1S(=O)(=O)Nc1cc(S(C)(=O)=O)ccc1-c1cccs1. The van der Waals surface area contributed by atoms with Crippen molar-refractivity contribution in [3.8, 4) is 10.4 Å². The van der Waals surface area contributed by atoms with Crippen LogP contribution in [0.15, 0.2) is 63.7 Å². The smallest absolute Gasteiger partial charge is 0.335 e. The molecule has 3 aromatic rings. The molecule has 0 atom stereocenters. The average Bonchev–Trinajstić information content (AvgIpc) is 3.20. The number of thiophene rings is 1. The monoisotopic (exact) mass is 465 g/mol. The number of sulfone groups is 1. The highest BCUT2D eigenvalue weighted by Crippen LogP contribution is 2.35. The van der Waals surface area contributed by atoms with Gasteiger partial charge in [0.15, 0.2) is 9.84 Å². The number of hydrogen-bond acceptors (Lipinski definition) is 6. The van der Waals surface area contributed by atoms with E-state index in [-0.39, 0.29) is 21.0 Å². The number of carboxylic acid groups (broad SMARTS) is 1. The Hall–Kier alpha value is -2.69. The zero-order chi connectivity index (χ0) is 22.1. The molecule has 0 fully saturated rings. The van der Waals surface area contributed by atoms with Gasteiger partial charge in [-0.05, 0) is 47.7 Å². The van der Waals surface area contributed by atoms with Crippen molar-refractivity contribution in [1.82, 2.24) is 0 Å². The maximum Gasteiger partial charge on any atom is 0.335 e. The first-order chi connectivity index (χ1) is 14.0. The molecule has 1 aromatic heterocycles. The van der Waals surface area contributed by atoms with Crippen molar-refractivity contribution in [3.63, 3.8) is 0 Å². The lowest BCUT2D eigenvalue weighted by molar-refractivity contribution is 0.0696. The number of carboxylic acids is 1. The van der Waals surface area contributed by atoms with E-state index >= 15 is 0 Å². The van der Waals surface area contributed by atoms with Crippen LogP contribution in [-0.2, 0) is 26.3 Å².